The SMILES string of the molecule is C/C=C/CCNC(=O)c1ccc2c(c1)OCCCO2. The topological polar surface area (TPSA) is 47.6 Å². The highest BCUT2D eigenvalue weighted by atomic mass is 16.5. The number of hydrogen-bond acceptors (Lipinski definition) is 3. The molecule has 1 aliphatic heterocycles. The highest BCUT2D eigenvalue weighted by Crippen LogP contribution is 2.30. The van der Waals surface area contributed by atoms with Crippen molar-refractivity contribution >= 4 is 5.91 Å². The van der Waals surface area contributed by atoms with Crippen LogP contribution in [0.3, 0.4) is 0 Å². The molecule has 1 N–H and O–H groups in total. The lowest BCUT2D eigenvalue weighted by molar-refractivity contribution is 0.0954. The zero-order chi connectivity index (χ0) is 13.5. The maximum absolute atomic E-state index is 11.9. The van der Waals surface area contributed by atoms with Gasteiger partial charge in [0.1, 0.15) is 0 Å². The van der Waals surface area contributed by atoms with Crippen LogP contribution in [0.1, 0.15) is 30.1 Å². The molecule has 1 amide bonds. The maximum atomic E-state index is 11.9. The summed E-state index contributed by atoms with van der Waals surface area (Å²) in [7, 11) is 0. The highest BCUT2D eigenvalue weighted by Gasteiger charge is 2.13. The van der Waals surface area contributed by atoms with Crippen molar-refractivity contribution in [3.63, 3.8) is 0 Å². The van der Waals surface area contributed by atoms with Crippen LogP contribution in [0.2, 0.25) is 0 Å². The van der Waals surface area contributed by atoms with Crippen LogP contribution >= 0.6 is 0 Å². The number of hydrogen-bond donors (Lipinski definition) is 1. The van der Waals surface area contributed by atoms with Crippen molar-refractivity contribution < 1.29 is 14.3 Å². The first-order valence-corrected chi connectivity index (χ1v) is 6.60. The fraction of sp³-hybridized carbons (Fsp3) is 0.400. The van der Waals surface area contributed by atoms with E-state index in [0.717, 1.165) is 12.8 Å². The van der Waals surface area contributed by atoms with Crippen molar-refractivity contribution in [2.45, 2.75) is 19.8 Å². The lowest BCUT2D eigenvalue weighted by Crippen LogP contribution is -2.24. The number of benzene rings is 1. The molecule has 0 saturated carbocycles. The molecule has 4 heteroatoms. The van der Waals surface area contributed by atoms with Crippen molar-refractivity contribution in [3.05, 3.63) is 35.9 Å². The molecule has 19 heavy (non-hydrogen) atoms. The van der Waals surface area contributed by atoms with Gasteiger partial charge in [-0.05, 0) is 31.5 Å². The van der Waals surface area contributed by atoms with E-state index in [1.165, 1.54) is 0 Å². The summed E-state index contributed by atoms with van der Waals surface area (Å²) in [5.41, 5.74) is 0.602. The first-order chi connectivity index (χ1) is 9.31. The van der Waals surface area contributed by atoms with Crippen LogP contribution in [-0.4, -0.2) is 25.7 Å². The molecule has 102 valence electrons. The minimum absolute atomic E-state index is 0.0832. The summed E-state index contributed by atoms with van der Waals surface area (Å²) in [4.78, 5) is 11.9. The zero-order valence-electron chi connectivity index (χ0n) is 11.1. The van der Waals surface area contributed by atoms with E-state index in [1.807, 2.05) is 19.1 Å². The third-order valence-electron chi connectivity index (χ3n) is 2.84. The number of ether oxygens (including phenoxy) is 2. The van der Waals surface area contributed by atoms with Gasteiger partial charge in [-0.25, -0.2) is 0 Å². The zero-order valence-corrected chi connectivity index (χ0v) is 11.1. The molecule has 0 atom stereocenters. The Morgan fingerprint density at radius 2 is 2.11 bits per heavy atom. The van der Waals surface area contributed by atoms with Crippen LogP contribution in [0.4, 0.5) is 0 Å². The Morgan fingerprint density at radius 3 is 2.89 bits per heavy atom. The number of rotatable bonds is 4. The van der Waals surface area contributed by atoms with E-state index in [0.29, 0.717) is 36.8 Å². The van der Waals surface area contributed by atoms with Gasteiger partial charge in [-0.3, -0.25) is 4.79 Å². The summed E-state index contributed by atoms with van der Waals surface area (Å²) in [6.07, 6.45) is 5.69. The Labute approximate surface area is 113 Å². The largest absolute Gasteiger partial charge is 0.490 e. The van der Waals surface area contributed by atoms with Crippen LogP contribution in [0.15, 0.2) is 30.4 Å². The Morgan fingerprint density at radius 1 is 1.32 bits per heavy atom. The van der Waals surface area contributed by atoms with Gasteiger partial charge in [0.25, 0.3) is 5.91 Å². The van der Waals surface area contributed by atoms with Crippen molar-refractivity contribution in [3.8, 4) is 11.5 Å². The number of nitrogens with one attached hydrogen (secondary N) is 1. The number of carbonyl (C=O) groups excluding carboxylic acids is 1. The summed E-state index contributed by atoms with van der Waals surface area (Å²) in [6, 6.07) is 5.30. The molecule has 1 aromatic carbocycles. The normalized spacial score (nSPS) is 14.2. The van der Waals surface area contributed by atoms with E-state index in [-0.39, 0.29) is 5.91 Å². The Balaban J connectivity index is 2.00. The molecular formula is C15H19NO3. The molecule has 0 radical (unpaired) electrons. The average Bonchev–Trinajstić information content (AvgIpc) is 2.67. The number of amides is 1. The van der Waals surface area contributed by atoms with Gasteiger partial charge in [-0.2, -0.15) is 0 Å². The Bertz CT molecular complexity index is 468. The van der Waals surface area contributed by atoms with Gasteiger partial charge in [0.15, 0.2) is 11.5 Å². The molecular weight excluding hydrogens is 242 g/mol. The summed E-state index contributed by atoms with van der Waals surface area (Å²) < 4.78 is 11.1. The predicted octanol–water partition coefficient (Wildman–Crippen LogP) is 2.54. The van der Waals surface area contributed by atoms with E-state index in [9.17, 15) is 4.79 Å². The number of allylic oxidation sites excluding steroid dienone is 1. The first-order valence-electron chi connectivity index (χ1n) is 6.60. The molecule has 4 nitrogen and oxygen atoms in total. The van der Waals surface area contributed by atoms with E-state index in [1.54, 1.807) is 18.2 Å². The van der Waals surface area contributed by atoms with Crippen LogP contribution in [0, 0.1) is 0 Å². The standard InChI is InChI=1S/C15H19NO3/c1-2-3-4-8-16-15(17)12-6-7-13-14(11-12)19-10-5-9-18-13/h2-3,6-7,11H,4-5,8-10H2,1H3,(H,16,17)/b3-2+. The number of fused-ring (bicyclic) bond motifs is 1. The van der Waals surface area contributed by atoms with Crippen molar-refractivity contribution in [1.29, 1.82) is 0 Å². The van der Waals surface area contributed by atoms with Crippen LogP contribution in [0.25, 0.3) is 0 Å². The fourth-order valence-corrected chi connectivity index (χ4v) is 1.84. The highest BCUT2D eigenvalue weighted by molar-refractivity contribution is 5.94. The van der Waals surface area contributed by atoms with Crippen LogP contribution in [-0.2, 0) is 0 Å². The minimum Gasteiger partial charge on any atom is -0.490 e. The fourth-order valence-electron chi connectivity index (χ4n) is 1.84. The van der Waals surface area contributed by atoms with Gasteiger partial charge in [-0.1, -0.05) is 12.2 Å². The Kier molecular flexibility index (Phi) is 4.84. The van der Waals surface area contributed by atoms with Crippen LogP contribution < -0.4 is 14.8 Å². The Hall–Kier alpha value is -1.97. The molecule has 1 heterocycles. The third kappa shape index (κ3) is 3.74. The molecule has 0 fully saturated rings. The van der Waals surface area contributed by atoms with E-state index in [4.69, 9.17) is 9.47 Å². The smallest absolute Gasteiger partial charge is 0.251 e. The molecule has 0 bridgehead atoms. The molecule has 0 spiro atoms. The monoisotopic (exact) mass is 261 g/mol. The van der Waals surface area contributed by atoms with Crippen LogP contribution in [0.5, 0.6) is 11.5 Å². The number of carbonyl (C=O) groups is 1. The van der Waals surface area contributed by atoms with Gasteiger partial charge in [-0.15, -0.1) is 0 Å². The summed E-state index contributed by atoms with van der Waals surface area (Å²) in [6.45, 7) is 3.88. The molecule has 1 aliphatic rings. The van der Waals surface area contributed by atoms with Gasteiger partial charge >= 0.3 is 0 Å². The van der Waals surface area contributed by atoms with E-state index < -0.39 is 0 Å². The second-order valence-corrected chi connectivity index (χ2v) is 4.33. The lowest BCUT2D eigenvalue weighted by Gasteiger charge is -2.09. The second-order valence-electron chi connectivity index (χ2n) is 4.33. The molecule has 0 aliphatic carbocycles. The summed E-state index contributed by atoms with van der Waals surface area (Å²) >= 11 is 0. The summed E-state index contributed by atoms with van der Waals surface area (Å²) in [5, 5.41) is 2.87. The van der Waals surface area contributed by atoms with Gasteiger partial charge in [0, 0.05) is 18.5 Å². The molecule has 0 unspecified atom stereocenters. The third-order valence-corrected chi connectivity index (χ3v) is 2.84. The predicted molar refractivity (Wildman–Crippen MR) is 73.8 cm³/mol. The van der Waals surface area contributed by atoms with E-state index >= 15 is 0 Å². The van der Waals surface area contributed by atoms with Gasteiger partial charge < -0.3 is 14.8 Å². The molecule has 2 rings (SSSR count). The summed E-state index contributed by atoms with van der Waals surface area (Å²) in [5.74, 6) is 1.28. The maximum Gasteiger partial charge on any atom is 0.251 e. The van der Waals surface area contributed by atoms with Gasteiger partial charge in [0.05, 0.1) is 13.2 Å². The molecule has 0 saturated heterocycles. The first kappa shape index (κ1) is 13.5. The quantitative estimate of drug-likeness (QED) is 0.669. The van der Waals surface area contributed by atoms with E-state index in [2.05, 4.69) is 5.32 Å². The molecule has 0 aromatic heterocycles. The average molecular weight is 261 g/mol. The van der Waals surface area contributed by atoms with Crippen molar-refractivity contribution in [2.75, 3.05) is 19.8 Å². The lowest BCUT2D eigenvalue weighted by atomic mass is 10.2. The van der Waals surface area contributed by atoms with Crippen molar-refractivity contribution in [1.82, 2.24) is 5.32 Å². The van der Waals surface area contributed by atoms with Crippen molar-refractivity contribution in [2.24, 2.45) is 0 Å². The van der Waals surface area contributed by atoms with Gasteiger partial charge in [0.2, 0.25) is 0 Å². The molecule has 1 aromatic rings. The second kappa shape index (κ2) is 6.83. The minimum atomic E-state index is -0.0832.